The first-order valence-corrected chi connectivity index (χ1v) is 13.7. The van der Waals surface area contributed by atoms with E-state index in [-0.39, 0.29) is 37.4 Å². The van der Waals surface area contributed by atoms with Crippen LogP contribution in [0.1, 0.15) is 72.6 Å². The molecule has 9 heteroatoms. The van der Waals surface area contributed by atoms with Crippen molar-refractivity contribution in [2.75, 3.05) is 13.2 Å². The van der Waals surface area contributed by atoms with Crippen molar-refractivity contribution in [1.29, 1.82) is 0 Å². The first-order valence-electron chi connectivity index (χ1n) is 13.7. The van der Waals surface area contributed by atoms with E-state index in [1.54, 1.807) is 6.08 Å². The molecule has 5 fully saturated rings. The average molecular weight is 521 g/mol. The van der Waals surface area contributed by atoms with Crippen LogP contribution in [0.3, 0.4) is 0 Å². The van der Waals surface area contributed by atoms with Crippen molar-refractivity contribution in [2.45, 2.75) is 108 Å². The standard InChI is InChI=1S/C28H40O9/c1-15(29)36-20-12-25(4)18(16-9-22(31)34-13-16)6-8-28(25,33)19-5-7-26(32)11-17(30)10-21-27(26,23(19)20)14-35-24(2,3)37-21/h9,17-21,23,30,32-33H,5-8,10-14H2,1-4H3/t17-,18+,19+,20+,21+,23+,25+,26-,27+,28-/m0/s1. The predicted molar refractivity (Wildman–Crippen MR) is 129 cm³/mol. The molecule has 2 aliphatic heterocycles. The Balaban J connectivity index is 1.48. The van der Waals surface area contributed by atoms with Crippen LogP contribution in [0, 0.1) is 28.6 Å². The van der Waals surface area contributed by atoms with Gasteiger partial charge in [-0.15, -0.1) is 0 Å². The van der Waals surface area contributed by atoms with E-state index < -0.39 is 58.0 Å². The van der Waals surface area contributed by atoms with Crippen LogP contribution < -0.4 is 0 Å². The third-order valence-electron chi connectivity index (χ3n) is 11.1. The molecular weight excluding hydrogens is 480 g/mol. The number of ether oxygens (including phenoxy) is 4. The lowest BCUT2D eigenvalue weighted by atomic mass is 9.40. The fourth-order valence-corrected chi connectivity index (χ4v) is 9.74. The number of carbonyl (C=O) groups is 2. The molecule has 0 aromatic carbocycles. The Hall–Kier alpha value is -1.52. The van der Waals surface area contributed by atoms with Crippen molar-refractivity contribution in [3.63, 3.8) is 0 Å². The molecule has 0 unspecified atom stereocenters. The van der Waals surface area contributed by atoms with Crippen molar-refractivity contribution >= 4 is 11.9 Å². The molecule has 10 atom stereocenters. The summed E-state index contributed by atoms with van der Waals surface area (Å²) < 4.78 is 24.0. The molecule has 9 nitrogen and oxygen atoms in total. The van der Waals surface area contributed by atoms with E-state index in [9.17, 15) is 24.9 Å². The van der Waals surface area contributed by atoms with E-state index in [0.717, 1.165) is 5.57 Å². The second kappa shape index (κ2) is 8.01. The van der Waals surface area contributed by atoms with Crippen LogP contribution in [0.4, 0.5) is 0 Å². The zero-order valence-corrected chi connectivity index (χ0v) is 22.2. The number of hydrogen-bond acceptors (Lipinski definition) is 9. The number of hydrogen-bond donors (Lipinski definition) is 3. The number of carbonyl (C=O) groups excluding carboxylic acids is 2. The summed E-state index contributed by atoms with van der Waals surface area (Å²) >= 11 is 0. The van der Waals surface area contributed by atoms with Crippen LogP contribution in [0.5, 0.6) is 0 Å². The monoisotopic (exact) mass is 520 g/mol. The van der Waals surface area contributed by atoms with Gasteiger partial charge in [-0.1, -0.05) is 6.92 Å². The van der Waals surface area contributed by atoms with Crippen molar-refractivity contribution < 1.29 is 43.9 Å². The third-order valence-corrected chi connectivity index (χ3v) is 11.1. The molecule has 3 N–H and O–H groups in total. The first kappa shape index (κ1) is 25.7. The summed E-state index contributed by atoms with van der Waals surface area (Å²) in [7, 11) is 0. The Kier molecular flexibility index (Phi) is 5.57. The molecule has 0 aromatic heterocycles. The quantitative estimate of drug-likeness (QED) is 0.468. The molecule has 0 aromatic rings. The van der Waals surface area contributed by atoms with Gasteiger partial charge in [-0.3, -0.25) is 4.79 Å². The van der Waals surface area contributed by atoms with Gasteiger partial charge >= 0.3 is 11.9 Å². The molecule has 0 bridgehead atoms. The molecule has 6 rings (SSSR count). The normalized spacial score (nSPS) is 52.2. The van der Waals surface area contributed by atoms with Crippen molar-refractivity contribution in [1.82, 2.24) is 0 Å². The molecule has 206 valence electrons. The highest BCUT2D eigenvalue weighted by Crippen LogP contribution is 2.72. The Morgan fingerprint density at radius 2 is 1.89 bits per heavy atom. The van der Waals surface area contributed by atoms with Gasteiger partial charge in [-0.25, -0.2) is 4.79 Å². The van der Waals surface area contributed by atoms with E-state index in [1.807, 2.05) is 13.8 Å². The molecular formula is C28H40O9. The van der Waals surface area contributed by atoms with E-state index in [4.69, 9.17) is 18.9 Å². The van der Waals surface area contributed by atoms with Gasteiger partial charge < -0.3 is 34.3 Å². The predicted octanol–water partition coefficient (Wildman–Crippen LogP) is 2.00. The van der Waals surface area contributed by atoms with Gasteiger partial charge in [0.1, 0.15) is 12.7 Å². The summed E-state index contributed by atoms with van der Waals surface area (Å²) in [5, 5.41) is 35.7. The highest BCUT2D eigenvalue weighted by Gasteiger charge is 2.77. The summed E-state index contributed by atoms with van der Waals surface area (Å²) in [5.74, 6) is -2.45. The number of rotatable bonds is 2. The smallest absolute Gasteiger partial charge is 0.331 e. The molecule has 1 spiro atoms. The molecule has 4 saturated carbocycles. The second-order valence-corrected chi connectivity index (χ2v) is 13.2. The Morgan fingerprint density at radius 3 is 2.57 bits per heavy atom. The summed E-state index contributed by atoms with van der Waals surface area (Å²) in [6.45, 7) is 7.52. The average Bonchev–Trinajstić information content (AvgIpc) is 3.31. The minimum Gasteiger partial charge on any atom is -0.462 e. The maximum Gasteiger partial charge on any atom is 0.331 e. The van der Waals surface area contributed by atoms with E-state index in [1.165, 1.54) is 6.92 Å². The largest absolute Gasteiger partial charge is 0.462 e. The van der Waals surface area contributed by atoms with E-state index >= 15 is 0 Å². The number of aliphatic hydroxyl groups is 3. The van der Waals surface area contributed by atoms with Crippen molar-refractivity contribution in [3.8, 4) is 0 Å². The van der Waals surface area contributed by atoms with Crippen LogP contribution in [-0.2, 0) is 28.5 Å². The second-order valence-electron chi connectivity index (χ2n) is 13.2. The SMILES string of the molecule is CC(=O)O[C@@H]1C[C@]2(C)[C@@H](C3=CC(=O)OC3)CC[C@]2(O)[C@@H]2CC[C@]3(O)C[C@@H](O)C[C@H]4OC(C)(C)OC[C@]43[C@H]21. The zero-order chi connectivity index (χ0) is 26.6. The lowest BCUT2D eigenvalue weighted by molar-refractivity contribution is -0.401. The van der Waals surface area contributed by atoms with Gasteiger partial charge in [0.25, 0.3) is 0 Å². The third kappa shape index (κ3) is 3.40. The van der Waals surface area contributed by atoms with Crippen LogP contribution in [-0.4, -0.2) is 75.8 Å². The summed E-state index contributed by atoms with van der Waals surface area (Å²) in [6, 6.07) is 0. The van der Waals surface area contributed by atoms with Crippen LogP contribution in [0.25, 0.3) is 0 Å². The van der Waals surface area contributed by atoms with Crippen molar-refractivity contribution in [3.05, 3.63) is 11.6 Å². The molecule has 1 saturated heterocycles. The van der Waals surface area contributed by atoms with E-state index in [2.05, 4.69) is 6.92 Å². The minimum absolute atomic E-state index is 0.0805. The molecule has 37 heavy (non-hydrogen) atoms. The fourth-order valence-electron chi connectivity index (χ4n) is 9.74. The maximum atomic E-state index is 12.6. The lowest BCUT2D eigenvalue weighted by Crippen LogP contribution is -2.78. The summed E-state index contributed by atoms with van der Waals surface area (Å²) in [6.07, 6.45) is 2.79. The molecule has 4 aliphatic carbocycles. The van der Waals surface area contributed by atoms with Gasteiger partial charge in [0.15, 0.2) is 5.79 Å². The van der Waals surface area contributed by atoms with Gasteiger partial charge in [0, 0.05) is 37.2 Å². The summed E-state index contributed by atoms with van der Waals surface area (Å²) in [4.78, 5) is 24.4. The number of esters is 2. The lowest BCUT2D eigenvalue weighted by Gasteiger charge is -2.70. The first-order chi connectivity index (χ1) is 17.2. The van der Waals surface area contributed by atoms with Crippen molar-refractivity contribution in [2.24, 2.45) is 28.6 Å². The van der Waals surface area contributed by atoms with Gasteiger partial charge in [-0.2, -0.15) is 0 Å². The Morgan fingerprint density at radius 1 is 1.14 bits per heavy atom. The molecule has 0 amide bonds. The zero-order valence-electron chi connectivity index (χ0n) is 22.2. The number of cyclic esters (lactones) is 1. The summed E-state index contributed by atoms with van der Waals surface area (Å²) in [5.41, 5.74) is -3.11. The minimum atomic E-state index is -1.29. The molecule has 6 aliphatic rings. The van der Waals surface area contributed by atoms with Gasteiger partial charge in [-0.05, 0) is 63.4 Å². The Bertz CT molecular complexity index is 1040. The topological polar surface area (TPSA) is 132 Å². The van der Waals surface area contributed by atoms with Crippen LogP contribution >= 0.6 is 0 Å². The van der Waals surface area contributed by atoms with Crippen LogP contribution in [0.15, 0.2) is 11.6 Å². The fraction of sp³-hybridized carbons (Fsp3) is 0.857. The molecule has 0 radical (unpaired) electrons. The Labute approximate surface area is 217 Å². The van der Waals surface area contributed by atoms with E-state index in [0.29, 0.717) is 38.5 Å². The number of fused-ring (bicyclic) bond motifs is 3. The maximum absolute atomic E-state index is 12.6. The van der Waals surface area contributed by atoms with Crippen LogP contribution in [0.2, 0.25) is 0 Å². The number of aliphatic hydroxyl groups excluding tert-OH is 1. The van der Waals surface area contributed by atoms with Gasteiger partial charge in [0.2, 0.25) is 0 Å². The molecule has 2 heterocycles. The highest BCUT2D eigenvalue weighted by molar-refractivity contribution is 5.85. The van der Waals surface area contributed by atoms with Gasteiger partial charge in [0.05, 0.1) is 35.4 Å². The highest BCUT2D eigenvalue weighted by atomic mass is 16.7.